The Morgan fingerprint density at radius 2 is 2.17 bits per heavy atom. The van der Waals surface area contributed by atoms with E-state index in [4.69, 9.17) is 0 Å². The summed E-state index contributed by atoms with van der Waals surface area (Å²) in [4.78, 5) is 23.1. The molecule has 1 saturated heterocycles. The summed E-state index contributed by atoms with van der Waals surface area (Å²) in [7, 11) is 0. The normalized spacial score (nSPS) is 20.2. The fourth-order valence-corrected chi connectivity index (χ4v) is 3.64. The lowest BCUT2D eigenvalue weighted by atomic mass is 9.90. The van der Waals surface area contributed by atoms with E-state index in [-0.39, 0.29) is 17.7 Å². The number of hydrogen-bond acceptors (Lipinski definition) is 3. The quantitative estimate of drug-likeness (QED) is 0.819. The molecule has 1 aliphatic heterocycles. The van der Waals surface area contributed by atoms with Gasteiger partial charge in [-0.1, -0.05) is 15.9 Å². The summed E-state index contributed by atoms with van der Waals surface area (Å²) in [6.07, 6.45) is 1.02. The molecular formula is C13H10BrNO2S. The molecular weight excluding hydrogens is 314 g/mol. The van der Waals surface area contributed by atoms with E-state index >= 15 is 0 Å². The average Bonchev–Trinajstić information content (AvgIpc) is 2.72. The highest BCUT2D eigenvalue weighted by Crippen LogP contribution is 2.36. The maximum absolute atomic E-state index is 11.9. The molecule has 92 valence electrons. The Kier molecular flexibility index (Phi) is 2.95. The Labute approximate surface area is 116 Å². The highest BCUT2D eigenvalue weighted by atomic mass is 79.9. The number of rotatable bonds is 1. The van der Waals surface area contributed by atoms with Crippen LogP contribution in [0.25, 0.3) is 10.1 Å². The van der Waals surface area contributed by atoms with E-state index in [1.54, 1.807) is 11.3 Å². The van der Waals surface area contributed by atoms with Crippen LogP contribution in [0, 0.1) is 0 Å². The van der Waals surface area contributed by atoms with Crippen LogP contribution in [0.3, 0.4) is 0 Å². The van der Waals surface area contributed by atoms with Crippen LogP contribution in [0.15, 0.2) is 28.1 Å². The largest absolute Gasteiger partial charge is 0.296 e. The maximum Gasteiger partial charge on any atom is 0.234 e. The molecule has 1 fully saturated rings. The summed E-state index contributed by atoms with van der Waals surface area (Å²) in [6, 6.07) is 6.07. The van der Waals surface area contributed by atoms with E-state index in [9.17, 15) is 9.59 Å². The van der Waals surface area contributed by atoms with Crippen molar-refractivity contribution in [3.05, 3.63) is 33.6 Å². The summed E-state index contributed by atoms with van der Waals surface area (Å²) < 4.78 is 2.17. The molecule has 0 saturated carbocycles. The van der Waals surface area contributed by atoms with Gasteiger partial charge in [0.05, 0.1) is 5.92 Å². The number of carbonyl (C=O) groups excluding carboxylic acids is 2. The van der Waals surface area contributed by atoms with Crippen LogP contribution in [-0.2, 0) is 9.59 Å². The van der Waals surface area contributed by atoms with Crippen LogP contribution in [0.5, 0.6) is 0 Å². The second-order valence-electron chi connectivity index (χ2n) is 4.34. The average molecular weight is 324 g/mol. The predicted molar refractivity (Wildman–Crippen MR) is 74.6 cm³/mol. The first-order chi connectivity index (χ1) is 8.65. The highest BCUT2D eigenvalue weighted by Gasteiger charge is 2.29. The summed E-state index contributed by atoms with van der Waals surface area (Å²) >= 11 is 5.08. The molecule has 0 radical (unpaired) electrons. The molecule has 5 heteroatoms. The van der Waals surface area contributed by atoms with Gasteiger partial charge in [0.15, 0.2) is 0 Å². The number of piperidine rings is 1. The van der Waals surface area contributed by atoms with Crippen molar-refractivity contribution >= 4 is 49.2 Å². The second-order valence-corrected chi connectivity index (χ2v) is 6.16. The van der Waals surface area contributed by atoms with Crippen molar-refractivity contribution in [1.29, 1.82) is 0 Å². The van der Waals surface area contributed by atoms with E-state index in [0.29, 0.717) is 12.8 Å². The number of hydrogen-bond donors (Lipinski definition) is 1. The molecule has 1 N–H and O–H groups in total. The lowest BCUT2D eigenvalue weighted by Crippen LogP contribution is -2.39. The third kappa shape index (κ3) is 1.97. The van der Waals surface area contributed by atoms with Gasteiger partial charge in [0.2, 0.25) is 11.8 Å². The summed E-state index contributed by atoms with van der Waals surface area (Å²) in [6.45, 7) is 0. The van der Waals surface area contributed by atoms with Crippen LogP contribution < -0.4 is 5.32 Å². The zero-order valence-electron chi connectivity index (χ0n) is 9.40. The van der Waals surface area contributed by atoms with Gasteiger partial charge >= 0.3 is 0 Å². The molecule has 0 spiro atoms. The number of imide groups is 1. The van der Waals surface area contributed by atoms with Gasteiger partial charge in [-0.3, -0.25) is 14.9 Å². The standard InChI is InChI=1S/C13H10BrNO2S/c14-7-1-3-11-9(5-7)10(6-18-11)8-2-4-12(16)15-13(8)17/h1,3,5-6,8H,2,4H2,(H,15,16,17). The van der Waals surface area contributed by atoms with Crippen molar-refractivity contribution in [3.63, 3.8) is 0 Å². The first kappa shape index (κ1) is 11.9. The van der Waals surface area contributed by atoms with E-state index in [0.717, 1.165) is 20.1 Å². The van der Waals surface area contributed by atoms with Crippen molar-refractivity contribution in [3.8, 4) is 0 Å². The molecule has 0 bridgehead atoms. The van der Waals surface area contributed by atoms with Crippen LogP contribution in [0.1, 0.15) is 24.3 Å². The van der Waals surface area contributed by atoms with Crippen LogP contribution >= 0.6 is 27.3 Å². The first-order valence-electron chi connectivity index (χ1n) is 5.65. The van der Waals surface area contributed by atoms with E-state index in [2.05, 4.69) is 21.2 Å². The number of carbonyl (C=O) groups is 2. The molecule has 1 aromatic heterocycles. The molecule has 3 nitrogen and oxygen atoms in total. The zero-order valence-corrected chi connectivity index (χ0v) is 11.8. The van der Waals surface area contributed by atoms with E-state index in [1.165, 1.54) is 0 Å². The van der Waals surface area contributed by atoms with Crippen molar-refractivity contribution in [1.82, 2.24) is 5.32 Å². The van der Waals surface area contributed by atoms with Gasteiger partial charge in [-0.25, -0.2) is 0 Å². The van der Waals surface area contributed by atoms with E-state index < -0.39 is 0 Å². The SMILES string of the molecule is O=C1CCC(c2csc3ccc(Br)cc23)C(=O)N1. The van der Waals surface area contributed by atoms with Crippen LogP contribution in [0.2, 0.25) is 0 Å². The lowest BCUT2D eigenvalue weighted by molar-refractivity contribution is -0.134. The number of halogens is 1. The Hall–Kier alpha value is -1.20. The van der Waals surface area contributed by atoms with Gasteiger partial charge in [-0.15, -0.1) is 11.3 Å². The van der Waals surface area contributed by atoms with Crippen molar-refractivity contribution in [2.45, 2.75) is 18.8 Å². The van der Waals surface area contributed by atoms with Crippen LogP contribution in [0.4, 0.5) is 0 Å². The fraction of sp³-hybridized carbons (Fsp3) is 0.231. The summed E-state index contributed by atoms with van der Waals surface area (Å²) in [5, 5.41) is 5.54. The number of amides is 2. The van der Waals surface area contributed by atoms with Crippen molar-refractivity contribution in [2.75, 3.05) is 0 Å². The predicted octanol–water partition coefficient (Wildman–Crippen LogP) is 3.18. The summed E-state index contributed by atoms with van der Waals surface area (Å²) in [5.74, 6) is -0.548. The molecule has 18 heavy (non-hydrogen) atoms. The van der Waals surface area contributed by atoms with Crippen molar-refractivity contribution < 1.29 is 9.59 Å². The monoisotopic (exact) mass is 323 g/mol. The molecule has 1 atom stereocenters. The minimum atomic E-state index is -0.203. The number of fused-ring (bicyclic) bond motifs is 1. The van der Waals surface area contributed by atoms with Gasteiger partial charge < -0.3 is 0 Å². The number of nitrogens with one attached hydrogen (secondary N) is 1. The van der Waals surface area contributed by atoms with Gasteiger partial charge in [0.25, 0.3) is 0 Å². The van der Waals surface area contributed by atoms with Gasteiger partial charge in [-0.2, -0.15) is 0 Å². The Balaban J connectivity index is 2.06. The van der Waals surface area contributed by atoms with Gasteiger partial charge in [0, 0.05) is 15.6 Å². The molecule has 2 amide bonds. The maximum atomic E-state index is 11.9. The zero-order chi connectivity index (χ0) is 12.7. The molecule has 2 aromatic rings. The number of benzene rings is 1. The van der Waals surface area contributed by atoms with Crippen molar-refractivity contribution in [2.24, 2.45) is 0 Å². The molecule has 1 aromatic carbocycles. The number of thiophene rings is 1. The minimum absolute atomic E-state index is 0.169. The van der Waals surface area contributed by atoms with Gasteiger partial charge in [0.1, 0.15) is 0 Å². The van der Waals surface area contributed by atoms with E-state index in [1.807, 2.05) is 23.6 Å². The Morgan fingerprint density at radius 3 is 2.94 bits per heavy atom. The highest BCUT2D eigenvalue weighted by molar-refractivity contribution is 9.10. The minimum Gasteiger partial charge on any atom is -0.296 e. The fourth-order valence-electron chi connectivity index (χ4n) is 2.28. The molecule has 1 unspecified atom stereocenters. The third-order valence-electron chi connectivity index (χ3n) is 3.18. The third-order valence-corrected chi connectivity index (χ3v) is 4.66. The topological polar surface area (TPSA) is 46.2 Å². The molecule has 1 aliphatic rings. The Morgan fingerprint density at radius 1 is 1.33 bits per heavy atom. The van der Waals surface area contributed by atoms with Gasteiger partial charge in [-0.05, 0) is 40.9 Å². The second kappa shape index (κ2) is 4.48. The first-order valence-corrected chi connectivity index (χ1v) is 7.33. The summed E-state index contributed by atoms with van der Waals surface area (Å²) in [5.41, 5.74) is 1.03. The molecule has 3 rings (SSSR count). The molecule has 2 heterocycles. The Bertz CT molecular complexity index is 649. The van der Waals surface area contributed by atoms with Crippen LogP contribution in [-0.4, -0.2) is 11.8 Å². The lowest BCUT2D eigenvalue weighted by Gasteiger charge is -2.20. The molecule has 0 aliphatic carbocycles. The smallest absolute Gasteiger partial charge is 0.234 e.